The summed E-state index contributed by atoms with van der Waals surface area (Å²) in [5.74, 6) is 0.526. The Balaban J connectivity index is 2.65. The lowest BCUT2D eigenvalue weighted by atomic mass is 9.80. The summed E-state index contributed by atoms with van der Waals surface area (Å²) in [6.07, 6.45) is 17.9. The van der Waals surface area contributed by atoms with Crippen molar-refractivity contribution in [2.45, 2.75) is 130 Å². The first-order valence-corrected chi connectivity index (χ1v) is 11.7. The predicted molar refractivity (Wildman–Crippen MR) is 121 cm³/mol. The highest BCUT2D eigenvalue weighted by atomic mass is 16.3. The van der Waals surface area contributed by atoms with Crippen LogP contribution in [0.2, 0.25) is 0 Å². The molecule has 1 N–H and O–H groups in total. The lowest BCUT2D eigenvalue weighted by Crippen LogP contribution is -2.15. The van der Waals surface area contributed by atoms with Crippen molar-refractivity contribution in [3.63, 3.8) is 0 Å². The lowest BCUT2D eigenvalue weighted by molar-refractivity contribution is 0.462. The third kappa shape index (κ3) is 9.67. The van der Waals surface area contributed by atoms with Crippen LogP contribution < -0.4 is 0 Å². The summed E-state index contributed by atoms with van der Waals surface area (Å²) < 4.78 is 0. The molecule has 0 heterocycles. The van der Waals surface area contributed by atoms with Crippen LogP contribution in [0.25, 0.3) is 0 Å². The molecular formula is C26H46O. The maximum absolute atomic E-state index is 10.6. The number of benzene rings is 1. The normalized spacial score (nSPS) is 11.9. The number of phenolic OH excluding ortho intramolecular Hbond substituents is 1. The highest BCUT2D eigenvalue weighted by Crippen LogP contribution is 2.33. The van der Waals surface area contributed by atoms with Crippen molar-refractivity contribution in [3.05, 3.63) is 28.8 Å². The summed E-state index contributed by atoms with van der Waals surface area (Å²) in [6.45, 7) is 11.4. The Bertz CT molecular complexity index is 510. The van der Waals surface area contributed by atoms with E-state index in [2.05, 4.69) is 46.8 Å². The number of phenols is 1. The van der Waals surface area contributed by atoms with E-state index in [9.17, 15) is 5.11 Å². The van der Waals surface area contributed by atoms with E-state index in [0.29, 0.717) is 5.75 Å². The van der Waals surface area contributed by atoms with Gasteiger partial charge in [-0.15, -0.1) is 0 Å². The summed E-state index contributed by atoms with van der Waals surface area (Å²) in [5, 5.41) is 10.6. The number of aromatic hydroxyl groups is 1. The second-order valence-electron chi connectivity index (χ2n) is 9.42. The van der Waals surface area contributed by atoms with Gasteiger partial charge in [-0.05, 0) is 53.9 Å². The van der Waals surface area contributed by atoms with Gasteiger partial charge in [0.15, 0.2) is 0 Å². The van der Waals surface area contributed by atoms with Gasteiger partial charge in [-0.25, -0.2) is 0 Å². The van der Waals surface area contributed by atoms with E-state index in [0.717, 1.165) is 18.4 Å². The van der Waals surface area contributed by atoms with Crippen molar-refractivity contribution in [1.29, 1.82) is 0 Å². The zero-order chi connectivity index (χ0) is 20.1. The second-order valence-corrected chi connectivity index (χ2v) is 9.42. The summed E-state index contributed by atoms with van der Waals surface area (Å²) in [4.78, 5) is 0. The van der Waals surface area contributed by atoms with Crippen molar-refractivity contribution >= 4 is 0 Å². The topological polar surface area (TPSA) is 20.2 Å². The molecule has 1 aromatic carbocycles. The van der Waals surface area contributed by atoms with Gasteiger partial charge < -0.3 is 5.11 Å². The number of hydrogen-bond acceptors (Lipinski definition) is 1. The third-order valence-corrected chi connectivity index (χ3v) is 5.71. The first-order valence-electron chi connectivity index (χ1n) is 11.7. The minimum absolute atomic E-state index is 0.140. The van der Waals surface area contributed by atoms with Crippen LogP contribution in [0, 0.1) is 0 Å². The first kappa shape index (κ1) is 24.1. The van der Waals surface area contributed by atoms with Gasteiger partial charge in [-0.2, -0.15) is 0 Å². The Morgan fingerprint density at radius 3 is 1.56 bits per heavy atom. The fraction of sp³-hybridized carbons (Fsp3) is 0.769. The van der Waals surface area contributed by atoms with Crippen molar-refractivity contribution < 1.29 is 5.11 Å². The van der Waals surface area contributed by atoms with Crippen LogP contribution in [-0.2, 0) is 18.3 Å². The molecule has 0 saturated heterocycles. The molecule has 0 unspecified atom stereocenters. The second kappa shape index (κ2) is 13.2. The Morgan fingerprint density at radius 2 is 1.07 bits per heavy atom. The molecule has 0 aliphatic heterocycles. The van der Waals surface area contributed by atoms with Crippen molar-refractivity contribution in [2.24, 2.45) is 0 Å². The fourth-order valence-electron chi connectivity index (χ4n) is 3.97. The average molecular weight is 375 g/mol. The number of rotatable bonds is 14. The molecule has 27 heavy (non-hydrogen) atoms. The molecule has 0 saturated carbocycles. The number of aryl methyl sites for hydroxylation is 2. The Morgan fingerprint density at radius 1 is 0.630 bits per heavy atom. The van der Waals surface area contributed by atoms with E-state index in [1.54, 1.807) is 0 Å². The molecule has 0 amide bonds. The van der Waals surface area contributed by atoms with Crippen molar-refractivity contribution in [3.8, 4) is 5.75 Å². The van der Waals surface area contributed by atoms with E-state index >= 15 is 0 Å². The lowest BCUT2D eigenvalue weighted by Gasteiger charge is -2.25. The van der Waals surface area contributed by atoms with Crippen molar-refractivity contribution in [2.75, 3.05) is 0 Å². The largest absolute Gasteiger partial charge is 0.508 e. The molecule has 1 heteroatoms. The first-order chi connectivity index (χ1) is 12.9. The quantitative estimate of drug-likeness (QED) is 0.324. The third-order valence-electron chi connectivity index (χ3n) is 5.71. The van der Waals surface area contributed by atoms with Gasteiger partial charge >= 0.3 is 0 Å². The molecule has 0 aromatic heterocycles. The van der Waals surface area contributed by atoms with Crippen LogP contribution in [0.15, 0.2) is 12.1 Å². The molecule has 0 aliphatic rings. The maximum Gasteiger partial charge on any atom is 0.119 e. The molecule has 0 fully saturated rings. The van der Waals surface area contributed by atoms with Gasteiger partial charge in [0.25, 0.3) is 0 Å². The highest BCUT2D eigenvalue weighted by Gasteiger charge is 2.20. The summed E-state index contributed by atoms with van der Waals surface area (Å²) in [6, 6.07) is 4.40. The van der Waals surface area contributed by atoms with Crippen LogP contribution in [0.4, 0.5) is 0 Å². The Hall–Kier alpha value is -0.980. The summed E-state index contributed by atoms with van der Waals surface area (Å²) >= 11 is 0. The molecule has 0 radical (unpaired) electrons. The fourth-order valence-corrected chi connectivity index (χ4v) is 3.97. The van der Waals surface area contributed by atoms with Crippen LogP contribution in [0.3, 0.4) is 0 Å². The Labute approximate surface area is 170 Å². The summed E-state index contributed by atoms with van der Waals surface area (Å²) in [5.41, 5.74) is 4.10. The van der Waals surface area contributed by atoms with Gasteiger partial charge in [-0.3, -0.25) is 0 Å². The van der Waals surface area contributed by atoms with Crippen molar-refractivity contribution in [1.82, 2.24) is 0 Å². The van der Waals surface area contributed by atoms with Crippen LogP contribution >= 0.6 is 0 Å². The number of unbranched alkanes of at least 4 members (excludes halogenated alkanes) is 10. The van der Waals surface area contributed by atoms with E-state index in [1.165, 1.54) is 88.2 Å². The maximum atomic E-state index is 10.6. The van der Waals surface area contributed by atoms with Gasteiger partial charge in [0.2, 0.25) is 0 Å². The van der Waals surface area contributed by atoms with E-state index in [4.69, 9.17) is 0 Å². The smallest absolute Gasteiger partial charge is 0.119 e. The molecule has 156 valence electrons. The zero-order valence-corrected chi connectivity index (χ0v) is 19.0. The van der Waals surface area contributed by atoms with E-state index < -0.39 is 0 Å². The van der Waals surface area contributed by atoms with E-state index in [-0.39, 0.29) is 5.41 Å². The minimum atomic E-state index is 0.140. The summed E-state index contributed by atoms with van der Waals surface area (Å²) in [7, 11) is 0. The average Bonchev–Trinajstić information content (AvgIpc) is 2.61. The molecule has 0 bridgehead atoms. The molecular weight excluding hydrogens is 328 g/mol. The van der Waals surface area contributed by atoms with Crippen LogP contribution in [-0.4, -0.2) is 5.11 Å². The van der Waals surface area contributed by atoms with E-state index in [1.807, 2.05) is 0 Å². The van der Waals surface area contributed by atoms with Gasteiger partial charge in [0.05, 0.1) is 0 Å². The monoisotopic (exact) mass is 374 g/mol. The molecule has 1 nitrogen and oxygen atoms in total. The predicted octanol–water partition coefficient (Wildman–Crippen LogP) is 8.50. The standard InChI is InChI=1S/C26H46O/c1-6-8-10-12-14-16-18-22-21-25(27)23(20-24(22)26(3,4)5)19-17-15-13-11-9-7-2/h20-21,27H,6-19H2,1-5H3. The molecule has 1 aromatic rings. The molecule has 0 atom stereocenters. The number of hydrogen-bond donors (Lipinski definition) is 1. The molecule has 0 spiro atoms. The minimum Gasteiger partial charge on any atom is -0.508 e. The van der Waals surface area contributed by atoms with Gasteiger partial charge in [0, 0.05) is 0 Å². The molecule has 1 rings (SSSR count). The molecule has 0 aliphatic carbocycles. The SMILES string of the molecule is CCCCCCCCc1cc(C(C)(C)C)c(CCCCCCCC)cc1O. The Kier molecular flexibility index (Phi) is 11.8. The zero-order valence-electron chi connectivity index (χ0n) is 19.0. The highest BCUT2D eigenvalue weighted by molar-refractivity contribution is 5.45. The van der Waals surface area contributed by atoms with Gasteiger partial charge in [-0.1, -0.05) is 105 Å². The van der Waals surface area contributed by atoms with Crippen LogP contribution in [0.5, 0.6) is 5.75 Å². The van der Waals surface area contributed by atoms with Crippen LogP contribution in [0.1, 0.15) is 128 Å². The van der Waals surface area contributed by atoms with Gasteiger partial charge in [0.1, 0.15) is 5.75 Å².